The number of nitrogens with zero attached hydrogens (tertiary/aromatic N) is 1. The zero-order chi connectivity index (χ0) is 12.3. The highest BCUT2D eigenvalue weighted by molar-refractivity contribution is 6.02. The van der Waals surface area contributed by atoms with E-state index in [1.807, 2.05) is 0 Å². The minimum absolute atomic E-state index is 0.0644. The van der Waals surface area contributed by atoms with Gasteiger partial charge in [-0.2, -0.15) is 0 Å². The summed E-state index contributed by atoms with van der Waals surface area (Å²) in [4.78, 5) is 11.7. The van der Waals surface area contributed by atoms with Crippen LogP contribution in [0.3, 0.4) is 0 Å². The second-order valence-electron chi connectivity index (χ2n) is 3.65. The Morgan fingerprint density at radius 2 is 2.29 bits per heavy atom. The number of hydrogen-bond acceptors (Lipinski definition) is 4. The first kappa shape index (κ1) is 11.3. The predicted octanol–water partition coefficient (Wildman–Crippen LogP) is 1.73. The minimum Gasteiger partial charge on any atom is -0.392 e. The number of hydrogen-bond donors (Lipinski definition) is 2. The Labute approximate surface area is 98.1 Å². The molecular formula is C12H12N2O3. The lowest BCUT2D eigenvalue weighted by Crippen LogP contribution is -2.11. The topological polar surface area (TPSA) is 75.4 Å². The van der Waals surface area contributed by atoms with Crippen LogP contribution in [0.5, 0.6) is 0 Å². The molecule has 0 fully saturated rings. The highest BCUT2D eigenvalue weighted by atomic mass is 16.5. The van der Waals surface area contributed by atoms with E-state index in [2.05, 4.69) is 10.5 Å². The van der Waals surface area contributed by atoms with E-state index in [-0.39, 0.29) is 18.3 Å². The third kappa shape index (κ3) is 2.70. The smallest absolute Gasteiger partial charge is 0.294 e. The van der Waals surface area contributed by atoms with Gasteiger partial charge >= 0.3 is 0 Å². The average Bonchev–Trinajstić information content (AvgIpc) is 2.76. The van der Waals surface area contributed by atoms with Crippen LogP contribution in [0, 0.1) is 6.92 Å². The van der Waals surface area contributed by atoms with E-state index in [1.54, 1.807) is 37.3 Å². The Hall–Kier alpha value is -2.14. The van der Waals surface area contributed by atoms with Gasteiger partial charge in [0, 0.05) is 11.8 Å². The summed E-state index contributed by atoms with van der Waals surface area (Å²) >= 11 is 0. The largest absolute Gasteiger partial charge is 0.392 e. The SMILES string of the molecule is Cc1cc(C(=O)Nc2cccc(CO)c2)on1. The molecule has 1 aromatic heterocycles. The summed E-state index contributed by atoms with van der Waals surface area (Å²) in [6.45, 7) is 1.68. The maximum Gasteiger partial charge on any atom is 0.294 e. The molecule has 0 radical (unpaired) electrons. The number of nitrogens with one attached hydrogen (secondary N) is 1. The number of aromatic nitrogens is 1. The van der Waals surface area contributed by atoms with Crippen LogP contribution < -0.4 is 5.32 Å². The molecule has 5 nitrogen and oxygen atoms in total. The van der Waals surface area contributed by atoms with Crippen molar-refractivity contribution in [3.05, 3.63) is 47.3 Å². The van der Waals surface area contributed by atoms with Crippen molar-refractivity contribution in [1.29, 1.82) is 0 Å². The van der Waals surface area contributed by atoms with Gasteiger partial charge in [-0.05, 0) is 24.6 Å². The van der Waals surface area contributed by atoms with Crippen LogP contribution in [0.25, 0.3) is 0 Å². The van der Waals surface area contributed by atoms with Gasteiger partial charge < -0.3 is 14.9 Å². The van der Waals surface area contributed by atoms with Crippen LogP contribution >= 0.6 is 0 Å². The molecule has 0 unspecified atom stereocenters. The van der Waals surface area contributed by atoms with Gasteiger partial charge in [0.15, 0.2) is 0 Å². The van der Waals surface area contributed by atoms with Gasteiger partial charge in [-0.15, -0.1) is 0 Å². The number of aliphatic hydroxyl groups is 1. The molecule has 0 spiro atoms. The Bertz CT molecular complexity index is 534. The Balaban J connectivity index is 2.12. The summed E-state index contributed by atoms with van der Waals surface area (Å²) in [7, 11) is 0. The number of carbonyl (C=O) groups excluding carboxylic acids is 1. The van der Waals surface area contributed by atoms with Gasteiger partial charge in [0.25, 0.3) is 5.91 Å². The van der Waals surface area contributed by atoms with Gasteiger partial charge in [-0.3, -0.25) is 4.79 Å². The van der Waals surface area contributed by atoms with Crippen molar-refractivity contribution in [1.82, 2.24) is 5.16 Å². The molecule has 2 rings (SSSR count). The fourth-order valence-corrected chi connectivity index (χ4v) is 1.41. The standard InChI is InChI=1S/C12H12N2O3/c1-8-5-11(17-14-8)12(16)13-10-4-2-3-9(6-10)7-15/h2-6,15H,7H2,1H3,(H,13,16). The molecule has 5 heteroatoms. The van der Waals surface area contributed by atoms with E-state index >= 15 is 0 Å². The van der Waals surface area contributed by atoms with Gasteiger partial charge in [0.05, 0.1) is 12.3 Å². The molecule has 0 aliphatic rings. The lowest BCUT2D eigenvalue weighted by Gasteiger charge is -2.03. The second-order valence-corrected chi connectivity index (χ2v) is 3.65. The average molecular weight is 232 g/mol. The summed E-state index contributed by atoms with van der Waals surface area (Å²) < 4.78 is 4.84. The van der Waals surface area contributed by atoms with E-state index in [1.165, 1.54) is 0 Å². The molecule has 0 bridgehead atoms. The third-order valence-electron chi connectivity index (χ3n) is 2.22. The normalized spacial score (nSPS) is 10.2. The fraction of sp³-hybridized carbons (Fsp3) is 0.167. The molecule has 17 heavy (non-hydrogen) atoms. The lowest BCUT2D eigenvalue weighted by molar-refractivity contribution is 0.0988. The Morgan fingerprint density at radius 1 is 1.47 bits per heavy atom. The van der Waals surface area contributed by atoms with Crippen molar-refractivity contribution in [3.63, 3.8) is 0 Å². The molecule has 0 saturated heterocycles. The summed E-state index contributed by atoms with van der Waals surface area (Å²) in [5.41, 5.74) is 1.99. The molecule has 88 valence electrons. The van der Waals surface area contributed by atoms with E-state index < -0.39 is 0 Å². The minimum atomic E-state index is -0.360. The quantitative estimate of drug-likeness (QED) is 0.845. The van der Waals surface area contributed by atoms with Crippen molar-refractivity contribution in [3.8, 4) is 0 Å². The summed E-state index contributed by atoms with van der Waals surface area (Å²) in [6.07, 6.45) is 0. The van der Waals surface area contributed by atoms with Gasteiger partial charge in [0.1, 0.15) is 0 Å². The summed E-state index contributed by atoms with van der Waals surface area (Å²) in [5.74, 6) is -0.197. The van der Waals surface area contributed by atoms with Crippen molar-refractivity contribution < 1.29 is 14.4 Å². The van der Waals surface area contributed by atoms with Crippen molar-refractivity contribution in [2.24, 2.45) is 0 Å². The zero-order valence-electron chi connectivity index (χ0n) is 9.30. The maximum absolute atomic E-state index is 11.7. The number of amides is 1. The van der Waals surface area contributed by atoms with Gasteiger partial charge in [-0.1, -0.05) is 17.3 Å². The molecule has 0 saturated carbocycles. The molecule has 1 amide bonds. The van der Waals surface area contributed by atoms with Crippen molar-refractivity contribution >= 4 is 11.6 Å². The first-order valence-corrected chi connectivity index (χ1v) is 5.13. The molecule has 0 aliphatic heterocycles. The number of benzene rings is 1. The number of rotatable bonds is 3. The van der Waals surface area contributed by atoms with Crippen molar-refractivity contribution in [2.75, 3.05) is 5.32 Å². The van der Waals surface area contributed by atoms with Gasteiger partial charge in [-0.25, -0.2) is 0 Å². The second kappa shape index (κ2) is 4.80. The van der Waals surface area contributed by atoms with E-state index in [0.29, 0.717) is 11.4 Å². The van der Waals surface area contributed by atoms with Crippen molar-refractivity contribution in [2.45, 2.75) is 13.5 Å². The molecule has 0 atom stereocenters. The molecular weight excluding hydrogens is 220 g/mol. The third-order valence-corrected chi connectivity index (χ3v) is 2.22. The molecule has 2 N–H and O–H groups in total. The number of carbonyl (C=O) groups is 1. The molecule has 0 aliphatic carbocycles. The first-order valence-electron chi connectivity index (χ1n) is 5.13. The van der Waals surface area contributed by atoms with E-state index in [0.717, 1.165) is 5.56 Å². The molecule has 2 aromatic rings. The first-order chi connectivity index (χ1) is 8.19. The van der Waals surface area contributed by atoms with Crippen LogP contribution in [0.15, 0.2) is 34.9 Å². The lowest BCUT2D eigenvalue weighted by atomic mass is 10.2. The highest BCUT2D eigenvalue weighted by Crippen LogP contribution is 2.12. The van der Waals surface area contributed by atoms with Crippen LogP contribution in [-0.4, -0.2) is 16.2 Å². The monoisotopic (exact) mass is 232 g/mol. The van der Waals surface area contributed by atoms with Crippen LogP contribution in [-0.2, 0) is 6.61 Å². The number of aryl methyl sites for hydroxylation is 1. The van der Waals surface area contributed by atoms with Crippen LogP contribution in [0.4, 0.5) is 5.69 Å². The number of aliphatic hydroxyl groups excluding tert-OH is 1. The fourth-order valence-electron chi connectivity index (χ4n) is 1.41. The zero-order valence-corrected chi connectivity index (χ0v) is 9.30. The molecule has 1 aromatic carbocycles. The van der Waals surface area contributed by atoms with Crippen LogP contribution in [0.1, 0.15) is 21.8 Å². The summed E-state index contributed by atoms with van der Waals surface area (Å²) in [5, 5.41) is 15.3. The predicted molar refractivity (Wildman–Crippen MR) is 61.6 cm³/mol. The Morgan fingerprint density at radius 3 is 2.94 bits per heavy atom. The Kier molecular flexibility index (Phi) is 3.20. The van der Waals surface area contributed by atoms with Crippen LogP contribution in [0.2, 0.25) is 0 Å². The highest BCUT2D eigenvalue weighted by Gasteiger charge is 2.11. The molecule has 1 heterocycles. The maximum atomic E-state index is 11.7. The summed E-state index contributed by atoms with van der Waals surface area (Å²) in [6, 6.07) is 8.52. The number of anilines is 1. The van der Waals surface area contributed by atoms with E-state index in [9.17, 15) is 4.79 Å². The van der Waals surface area contributed by atoms with Gasteiger partial charge in [0.2, 0.25) is 5.76 Å². The van der Waals surface area contributed by atoms with E-state index in [4.69, 9.17) is 9.63 Å².